The summed E-state index contributed by atoms with van der Waals surface area (Å²) >= 11 is 6.33. The second-order valence-electron chi connectivity index (χ2n) is 6.82. The zero-order chi connectivity index (χ0) is 17.5. The van der Waals surface area contributed by atoms with E-state index >= 15 is 0 Å². The summed E-state index contributed by atoms with van der Waals surface area (Å²) in [4.78, 5) is 17.1. The van der Waals surface area contributed by atoms with Crippen molar-refractivity contribution in [1.82, 2.24) is 24.8 Å². The van der Waals surface area contributed by atoms with Crippen molar-refractivity contribution >= 4 is 11.6 Å². The summed E-state index contributed by atoms with van der Waals surface area (Å²) in [6, 6.07) is 4.16. The summed E-state index contributed by atoms with van der Waals surface area (Å²) in [5.41, 5.74) is 2.35. The van der Waals surface area contributed by atoms with Crippen molar-refractivity contribution in [1.29, 1.82) is 0 Å². The summed E-state index contributed by atoms with van der Waals surface area (Å²) in [6.07, 6.45) is 8.27. The maximum absolute atomic E-state index is 6.33. The summed E-state index contributed by atoms with van der Waals surface area (Å²) in [5.74, 6) is 1.02. The molecule has 25 heavy (non-hydrogen) atoms. The Morgan fingerprint density at radius 3 is 2.68 bits per heavy atom. The minimum atomic E-state index is 0.641. The lowest BCUT2D eigenvalue weighted by atomic mass is 10.2. The van der Waals surface area contributed by atoms with Crippen LogP contribution in [0.15, 0.2) is 24.5 Å². The average molecular weight is 362 g/mol. The quantitative estimate of drug-likeness (QED) is 0.819. The number of unbranched alkanes of at least 4 members (excludes halogenated alkanes) is 1. The number of rotatable bonds is 7. The van der Waals surface area contributed by atoms with Gasteiger partial charge in [-0.05, 0) is 37.6 Å². The van der Waals surface area contributed by atoms with Crippen LogP contribution in [-0.4, -0.2) is 50.9 Å². The van der Waals surface area contributed by atoms with Crippen molar-refractivity contribution < 1.29 is 0 Å². The molecule has 1 aliphatic heterocycles. The van der Waals surface area contributed by atoms with Crippen LogP contribution in [0.5, 0.6) is 0 Å². The van der Waals surface area contributed by atoms with E-state index in [2.05, 4.69) is 37.7 Å². The van der Waals surface area contributed by atoms with Crippen LogP contribution in [0.25, 0.3) is 0 Å². The zero-order valence-electron chi connectivity index (χ0n) is 15.0. The zero-order valence-corrected chi connectivity index (χ0v) is 15.8. The molecule has 0 aromatic carbocycles. The third-order valence-corrected chi connectivity index (χ3v) is 5.05. The van der Waals surface area contributed by atoms with E-state index in [1.54, 1.807) is 0 Å². The number of nitrogens with one attached hydrogen (secondary N) is 1. The van der Waals surface area contributed by atoms with Gasteiger partial charge in [-0.3, -0.25) is 14.8 Å². The molecule has 1 fully saturated rings. The van der Waals surface area contributed by atoms with Gasteiger partial charge in [0.2, 0.25) is 0 Å². The minimum Gasteiger partial charge on any atom is -0.344 e. The van der Waals surface area contributed by atoms with E-state index in [1.807, 2.05) is 18.5 Å². The molecule has 2 aromatic heterocycles. The van der Waals surface area contributed by atoms with Crippen molar-refractivity contribution in [3.8, 4) is 0 Å². The Morgan fingerprint density at radius 2 is 1.96 bits per heavy atom. The Balaban J connectivity index is 1.52. The van der Waals surface area contributed by atoms with Crippen LogP contribution in [0, 0.1) is 0 Å². The maximum Gasteiger partial charge on any atom is 0.151 e. The Bertz CT molecular complexity index is 643. The summed E-state index contributed by atoms with van der Waals surface area (Å²) in [7, 11) is 0. The number of aryl methyl sites for hydroxylation is 1. The van der Waals surface area contributed by atoms with Gasteiger partial charge in [0.25, 0.3) is 0 Å². The Hall–Kier alpha value is -1.43. The monoisotopic (exact) mass is 361 g/mol. The fourth-order valence-corrected chi connectivity index (χ4v) is 3.53. The van der Waals surface area contributed by atoms with Gasteiger partial charge in [-0.2, -0.15) is 0 Å². The molecule has 136 valence electrons. The highest BCUT2D eigenvalue weighted by Crippen LogP contribution is 2.17. The molecule has 1 aliphatic rings. The van der Waals surface area contributed by atoms with Crippen LogP contribution in [0.4, 0.5) is 0 Å². The van der Waals surface area contributed by atoms with Crippen molar-refractivity contribution in [3.05, 3.63) is 46.8 Å². The summed E-state index contributed by atoms with van der Waals surface area (Å²) in [5, 5.41) is 0.641. The van der Waals surface area contributed by atoms with Crippen LogP contribution >= 0.6 is 11.6 Å². The third-order valence-electron chi connectivity index (χ3n) is 4.74. The standard InChI is InChI=1S/C19H28ClN5/c1-2-3-7-18-22-17(19(20)23-18)15-25-10-5-9-24(11-12-25)14-16-6-4-8-21-13-16/h4,6,8,13H,2-3,5,7,9-12,14-15H2,1H3,(H,22,23). The minimum absolute atomic E-state index is 0.641. The number of nitrogens with zero attached hydrogens (tertiary/aromatic N) is 4. The van der Waals surface area contributed by atoms with E-state index in [0.717, 1.165) is 63.6 Å². The highest BCUT2D eigenvalue weighted by atomic mass is 35.5. The number of aromatic amines is 1. The lowest BCUT2D eigenvalue weighted by Gasteiger charge is -2.21. The van der Waals surface area contributed by atoms with Gasteiger partial charge in [-0.1, -0.05) is 31.0 Å². The number of aromatic nitrogens is 3. The second kappa shape index (κ2) is 9.32. The molecule has 0 atom stereocenters. The van der Waals surface area contributed by atoms with Gasteiger partial charge >= 0.3 is 0 Å². The lowest BCUT2D eigenvalue weighted by molar-refractivity contribution is 0.245. The Kier molecular flexibility index (Phi) is 6.84. The normalized spacial score (nSPS) is 16.9. The van der Waals surface area contributed by atoms with Crippen molar-refractivity contribution in [2.24, 2.45) is 0 Å². The highest BCUT2D eigenvalue weighted by molar-refractivity contribution is 6.30. The predicted octanol–water partition coefficient (Wildman–Crippen LogP) is 3.51. The second-order valence-corrected chi connectivity index (χ2v) is 7.18. The first-order valence-corrected chi connectivity index (χ1v) is 9.69. The van der Waals surface area contributed by atoms with Crippen molar-refractivity contribution in [2.45, 2.75) is 45.7 Å². The molecule has 2 aromatic rings. The lowest BCUT2D eigenvalue weighted by Crippen LogP contribution is -2.30. The van der Waals surface area contributed by atoms with Gasteiger partial charge in [-0.25, -0.2) is 4.98 Å². The van der Waals surface area contributed by atoms with Crippen LogP contribution in [-0.2, 0) is 19.5 Å². The predicted molar refractivity (Wildman–Crippen MR) is 102 cm³/mol. The van der Waals surface area contributed by atoms with E-state index in [9.17, 15) is 0 Å². The van der Waals surface area contributed by atoms with E-state index in [0.29, 0.717) is 5.15 Å². The molecule has 0 bridgehead atoms. The number of imidazole rings is 1. The number of H-pyrrole nitrogens is 1. The molecule has 0 radical (unpaired) electrons. The molecule has 0 spiro atoms. The average Bonchev–Trinajstić information content (AvgIpc) is 2.82. The fraction of sp³-hybridized carbons (Fsp3) is 0.579. The van der Waals surface area contributed by atoms with Crippen molar-refractivity contribution in [3.63, 3.8) is 0 Å². The van der Waals surface area contributed by atoms with E-state index in [1.165, 1.54) is 18.4 Å². The summed E-state index contributed by atoms with van der Waals surface area (Å²) < 4.78 is 0. The van der Waals surface area contributed by atoms with Gasteiger partial charge in [0.15, 0.2) is 5.15 Å². The van der Waals surface area contributed by atoms with Gasteiger partial charge in [0.05, 0.1) is 5.69 Å². The fourth-order valence-electron chi connectivity index (χ4n) is 3.32. The van der Waals surface area contributed by atoms with Gasteiger partial charge < -0.3 is 4.98 Å². The van der Waals surface area contributed by atoms with E-state index in [-0.39, 0.29) is 0 Å². The van der Waals surface area contributed by atoms with E-state index in [4.69, 9.17) is 11.6 Å². The molecular formula is C19H28ClN5. The maximum atomic E-state index is 6.33. The topological polar surface area (TPSA) is 48.1 Å². The molecule has 6 heteroatoms. The Labute approximate surface area is 155 Å². The van der Waals surface area contributed by atoms with Crippen LogP contribution in [0.3, 0.4) is 0 Å². The largest absolute Gasteiger partial charge is 0.344 e. The van der Waals surface area contributed by atoms with E-state index < -0.39 is 0 Å². The van der Waals surface area contributed by atoms with Gasteiger partial charge in [0.1, 0.15) is 5.82 Å². The molecule has 1 saturated heterocycles. The SMILES string of the molecule is CCCCc1nc(Cl)c(CN2CCCN(Cc3cccnc3)CC2)[nH]1. The first-order valence-electron chi connectivity index (χ1n) is 9.31. The number of pyridine rings is 1. The molecule has 3 heterocycles. The third kappa shape index (κ3) is 5.53. The van der Waals surface area contributed by atoms with Gasteiger partial charge in [0, 0.05) is 45.0 Å². The smallest absolute Gasteiger partial charge is 0.151 e. The molecule has 0 saturated carbocycles. The molecule has 0 amide bonds. The first-order chi connectivity index (χ1) is 12.2. The highest BCUT2D eigenvalue weighted by Gasteiger charge is 2.17. The van der Waals surface area contributed by atoms with Crippen LogP contribution in [0.2, 0.25) is 5.15 Å². The van der Waals surface area contributed by atoms with Crippen LogP contribution in [0.1, 0.15) is 43.3 Å². The summed E-state index contributed by atoms with van der Waals surface area (Å²) in [6.45, 7) is 8.39. The molecule has 5 nitrogen and oxygen atoms in total. The number of hydrogen-bond donors (Lipinski definition) is 1. The molecule has 3 rings (SSSR count). The molecule has 0 unspecified atom stereocenters. The first kappa shape index (κ1) is 18.4. The molecule has 0 aliphatic carbocycles. The number of halogens is 1. The molecule has 1 N–H and O–H groups in total. The van der Waals surface area contributed by atoms with Gasteiger partial charge in [-0.15, -0.1) is 0 Å². The van der Waals surface area contributed by atoms with Crippen molar-refractivity contribution in [2.75, 3.05) is 26.2 Å². The molecular weight excluding hydrogens is 334 g/mol. The number of hydrogen-bond acceptors (Lipinski definition) is 4. The van der Waals surface area contributed by atoms with Crippen LogP contribution < -0.4 is 0 Å². The Morgan fingerprint density at radius 1 is 1.16 bits per heavy atom.